The number of methoxy groups -OCH3 is 1. The third kappa shape index (κ3) is 2.92. The number of fused-ring (bicyclic) bond motifs is 1. The van der Waals surface area contributed by atoms with E-state index < -0.39 is 6.55 Å². The van der Waals surface area contributed by atoms with E-state index >= 15 is 0 Å². The van der Waals surface area contributed by atoms with Gasteiger partial charge in [0.05, 0.1) is 18.1 Å². The van der Waals surface area contributed by atoms with Gasteiger partial charge in [0.25, 0.3) is 0 Å². The number of benzene rings is 2. The normalized spacial score (nSPS) is 11.0. The molecule has 0 amide bonds. The van der Waals surface area contributed by atoms with Crippen molar-refractivity contribution in [3.63, 3.8) is 0 Å². The summed E-state index contributed by atoms with van der Waals surface area (Å²) in [5.74, 6) is 0.794. The minimum Gasteiger partial charge on any atom is -0.493 e. The Kier molecular flexibility index (Phi) is 4.41. The van der Waals surface area contributed by atoms with Crippen LogP contribution < -0.4 is 9.47 Å². The average Bonchev–Trinajstić information content (AvgIpc) is 2.98. The van der Waals surface area contributed by atoms with Gasteiger partial charge in [-0.15, -0.1) is 0 Å². The maximum Gasteiger partial charge on any atom is 0.320 e. The topological polar surface area (TPSA) is 53.4 Å². The van der Waals surface area contributed by atoms with Crippen molar-refractivity contribution in [3.8, 4) is 11.5 Å². The Morgan fingerprint density at radius 3 is 2.71 bits per heavy atom. The summed E-state index contributed by atoms with van der Waals surface area (Å²) < 4.78 is 38.3. The lowest BCUT2D eigenvalue weighted by molar-refractivity contribution is 0.0676. The molecule has 0 aliphatic rings. The Bertz CT molecular complexity index is 877. The zero-order chi connectivity index (χ0) is 17.1. The highest BCUT2D eigenvalue weighted by Gasteiger charge is 2.18. The first-order valence-electron chi connectivity index (χ1n) is 7.14. The number of carbonyl (C=O) groups excluding carboxylic acids is 1. The lowest BCUT2D eigenvalue weighted by Crippen LogP contribution is -2.08. The standard InChI is InChI=1S/C17H14F2N2O3/c1-23-15-8-11(9-22)6-7-14(15)24-10-16-20-12-4-2-3-5-13(12)21(16)17(18)19/h2-9,17H,10H2,1H3. The fourth-order valence-electron chi connectivity index (χ4n) is 2.43. The summed E-state index contributed by atoms with van der Waals surface area (Å²) in [4.78, 5) is 15.0. The molecule has 0 atom stereocenters. The van der Waals surface area contributed by atoms with Gasteiger partial charge in [0.2, 0.25) is 0 Å². The largest absolute Gasteiger partial charge is 0.493 e. The smallest absolute Gasteiger partial charge is 0.320 e. The summed E-state index contributed by atoms with van der Waals surface area (Å²) in [6.45, 7) is -2.88. The third-order valence-corrected chi connectivity index (χ3v) is 3.54. The number of nitrogens with zero attached hydrogens (tertiary/aromatic N) is 2. The first-order chi connectivity index (χ1) is 11.6. The predicted molar refractivity (Wildman–Crippen MR) is 83.7 cm³/mol. The Morgan fingerprint density at radius 2 is 2.00 bits per heavy atom. The second-order valence-electron chi connectivity index (χ2n) is 4.98. The maximum absolute atomic E-state index is 13.4. The number of imidazole rings is 1. The van der Waals surface area contributed by atoms with Crippen LogP contribution in [0.3, 0.4) is 0 Å². The van der Waals surface area contributed by atoms with Crippen molar-refractivity contribution in [2.45, 2.75) is 13.2 Å². The molecular formula is C17H14F2N2O3. The first kappa shape index (κ1) is 15.9. The molecule has 0 unspecified atom stereocenters. The zero-order valence-electron chi connectivity index (χ0n) is 12.8. The van der Waals surface area contributed by atoms with Gasteiger partial charge >= 0.3 is 6.55 Å². The second kappa shape index (κ2) is 6.66. The van der Waals surface area contributed by atoms with Gasteiger partial charge in [0, 0.05) is 5.56 Å². The summed E-state index contributed by atoms with van der Waals surface area (Å²) in [5.41, 5.74) is 1.24. The molecule has 0 aliphatic heterocycles. The van der Waals surface area contributed by atoms with Crippen molar-refractivity contribution in [1.82, 2.24) is 9.55 Å². The number of para-hydroxylation sites is 2. The Balaban J connectivity index is 1.91. The van der Waals surface area contributed by atoms with Crippen LogP contribution in [-0.4, -0.2) is 22.9 Å². The molecule has 0 bridgehead atoms. The summed E-state index contributed by atoms with van der Waals surface area (Å²) in [6, 6.07) is 11.3. The van der Waals surface area contributed by atoms with Gasteiger partial charge in [0.15, 0.2) is 17.3 Å². The van der Waals surface area contributed by atoms with E-state index in [2.05, 4.69) is 4.98 Å². The van der Waals surface area contributed by atoms with E-state index in [0.29, 0.717) is 34.4 Å². The number of aldehydes is 1. The summed E-state index contributed by atoms with van der Waals surface area (Å²) in [6.07, 6.45) is 0.683. The van der Waals surface area contributed by atoms with Crippen LogP contribution in [0.2, 0.25) is 0 Å². The van der Waals surface area contributed by atoms with Crippen LogP contribution in [-0.2, 0) is 6.61 Å². The highest BCUT2D eigenvalue weighted by molar-refractivity contribution is 5.77. The number of aromatic nitrogens is 2. The number of halogens is 2. The molecule has 5 nitrogen and oxygen atoms in total. The average molecular weight is 332 g/mol. The number of alkyl halides is 2. The lowest BCUT2D eigenvalue weighted by Gasteiger charge is -2.12. The van der Waals surface area contributed by atoms with Gasteiger partial charge in [-0.1, -0.05) is 12.1 Å². The van der Waals surface area contributed by atoms with Crippen LogP contribution in [0.5, 0.6) is 11.5 Å². The van der Waals surface area contributed by atoms with E-state index in [-0.39, 0.29) is 12.4 Å². The van der Waals surface area contributed by atoms with Crippen LogP contribution in [0.15, 0.2) is 42.5 Å². The molecule has 3 rings (SSSR count). The monoisotopic (exact) mass is 332 g/mol. The maximum atomic E-state index is 13.4. The predicted octanol–water partition coefficient (Wildman–Crippen LogP) is 3.83. The van der Waals surface area contributed by atoms with Crippen LogP contribution in [0, 0.1) is 0 Å². The minimum atomic E-state index is -2.73. The molecule has 7 heteroatoms. The fraction of sp³-hybridized carbons (Fsp3) is 0.176. The molecular weight excluding hydrogens is 318 g/mol. The molecule has 0 N–H and O–H groups in total. The number of carbonyl (C=O) groups is 1. The molecule has 0 spiro atoms. The van der Waals surface area contributed by atoms with Crippen LogP contribution in [0.4, 0.5) is 8.78 Å². The summed E-state index contributed by atoms with van der Waals surface area (Å²) in [7, 11) is 1.44. The van der Waals surface area contributed by atoms with Crippen molar-refractivity contribution in [2.75, 3.05) is 7.11 Å². The Labute approximate surface area is 136 Å². The second-order valence-corrected chi connectivity index (χ2v) is 4.98. The molecule has 0 radical (unpaired) electrons. The van der Waals surface area contributed by atoms with E-state index in [9.17, 15) is 13.6 Å². The number of hydrogen-bond acceptors (Lipinski definition) is 4. The Hall–Kier alpha value is -2.96. The van der Waals surface area contributed by atoms with Gasteiger partial charge in [-0.25, -0.2) is 4.98 Å². The minimum absolute atomic E-state index is 0.104. The van der Waals surface area contributed by atoms with Crippen molar-refractivity contribution < 1.29 is 23.0 Å². The molecule has 2 aromatic carbocycles. The van der Waals surface area contributed by atoms with Crippen LogP contribution in [0.25, 0.3) is 11.0 Å². The quantitative estimate of drug-likeness (QED) is 0.644. The molecule has 0 saturated carbocycles. The first-order valence-corrected chi connectivity index (χ1v) is 7.14. The van der Waals surface area contributed by atoms with Gasteiger partial charge in [0.1, 0.15) is 12.9 Å². The SMILES string of the molecule is COc1cc(C=O)ccc1OCc1nc2ccccc2n1C(F)F. The molecule has 24 heavy (non-hydrogen) atoms. The van der Waals surface area contributed by atoms with Crippen molar-refractivity contribution in [2.24, 2.45) is 0 Å². The highest BCUT2D eigenvalue weighted by Crippen LogP contribution is 2.29. The van der Waals surface area contributed by atoms with E-state index in [0.717, 1.165) is 4.57 Å². The highest BCUT2D eigenvalue weighted by atomic mass is 19.3. The number of hydrogen-bond donors (Lipinski definition) is 0. The van der Waals surface area contributed by atoms with E-state index in [1.807, 2.05) is 0 Å². The molecule has 3 aromatic rings. The van der Waals surface area contributed by atoms with Gasteiger partial charge in [-0.05, 0) is 30.3 Å². The van der Waals surface area contributed by atoms with Crippen molar-refractivity contribution >= 4 is 17.3 Å². The lowest BCUT2D eigenvalue weighted by atomic mass is 10.2. The van der Waals surface area contributed by atoms with E-state index in [4.69, 9.17) is 9.47 Å². The summed E-state index contributed by atoms with van der Waals surface area (Å²) >= 11 is 0. The third-order valence-electron chi connectivity index (χ3n) is 3.54. The molecule has 1 heterocycles. The molecule has 1 aromatic heterocycles. The van der Waals surface area contributed by atoms with Gasteiger partial charge < -0.3 is 9.47 Å². The van der Waals surface area contributed by atoms with Gasteiger partial charge in [-0.2, -0.15) is 8.78 Å². The van der Waals surface area contributed by atoms with E-state index in [1.54, 1.807) is 36.4 Å². The van der Waals surface area contributed by atoms with Crippen LogP contribution in [0.1, 0.15) is 22.7 Å². The van der Waals surface area contributed by atoms with E-state index in [1.165, 1.54) is 13.2 Å². The van der Waals surface area contributed by atoms with Crippen LogP contribution >= 0.6 is 0 Å². The number of rotatable bonds is 6. The number of ether oxygens (including phenoxy) is 2. The molecule has 0 saturated heterocycles. The summed E-state index contributed by atoms with van der Waals surface area (Å²) in [5, 5.41) is 0. The van der Waals surface area contributed by atoms with Crippen molar-refractivity contribution in [1.29, 1.82) is 0 Å². The van der Waals surface area contributed by atoms with Crippen molar-refractivity contribution in [3.05, 3.63) is 53.9 Å². The molecule has 124 valence electrons. The van der Waals surface area contributed by atoms with Gasteiger partial charge in [-0.3, -0.25) is 9.36 Å². The Morgan fingerprint density at radius 1 is 1.21 bits per heavy atom. The fourth-order valence-corrected chi connectivity index (χ4v) is 2.43. The zero-order valence-corrected chi connectivity index (χ0v) is 12.8. The molecule has 0 fully saturated rings. The molecule has 0 aliphatic carbocycles.